The number of benzene rings is 2. The summed E-state index contributed by atoms with van der Waals surface area (Å²) in [5, 5.41) is 3.10. The summed E-state index contributed by atoms with van der Waals surface area (Å²) >= 11 is 0. The molecule has 29 heavy (non-hydrogen) atoms. The Morgan fingerprint density at radius 2 is 1.79 bits per heavy atom. The Labute approximate surface area is 174 Å². The maximum absolute atomic E-state index is 12.7. The molecule has 1 fully saturated rings. The third kappa shape index (κ3) is 5.97. The van der Waals surface area contributed by atoms with Crippen molar-refractivity contribution in [1.82, 2.24) is 10.2 Å². The zero-order valence-corrected chi connectivity index (χ0v) is 17.7. The first-order chi connectivity index (χ1) is 14.1. The van der Waals surface area contributed by atoms with Crippen LogP contribution >= 0.6 is 0 Å². The Morgan fingerprint density at radius 1 is 1.07 bits per heavy atom. The highest BCUT2D eigenvalue weighted by molar-refractivity contribution is 5.80. The average molecular weight is 397 g/mol. The molecule has 2 aromatic carbocycles. The molecule has 1 saturated heterocycles. The van der Waals surface area contributed by atoms with Crippen molar-refractivity contribution in [3.05, 3.63) is 59.7 Å². The summed E-state index contributed by atoms with van der Waals surface area (Å²) in [6.45, 7) is 6.48. The zero-order valence-electron chi connectivity index (χ0n) is 17.7. The third-order valence-electron chi connectivity index (χ3n) is 5.47. The van der Waals surface area contributed by atoms with Crippen LogP contribution in [0.4, 0.5) is 0 Å². The number of amides is 1. The molecule has 0 aromatic heterocycles. The van der Waals surface area contributed by atoms with Crippen LogP contribution in [0, 0.1) is 6.92 Å². The van der Waals surface area contributed by atoms with Gasteiger partial charge < -0.3 is 14.8 Å². The predicted octanol–water partition coefficient (Wildman–Crippen LogP) is 4.11. The molecule has 1 aliphatic heterocycles. The van der Waals surface area contributed by atoms with Crippen molar-refractivity contribution >= 4 is 5.91 Å². The molecule has 2 unspecified atom stereocenters. The van der Waals surface area contributed by atoms with Gasteiger partial charge >= 0.3 is 0 Å². The Kier molecular flexibility index (Phi) is 7.53. The number of nitrogens with one attached hydrogen (secondary N) is 1. The summed E-state index contributed by atoms with van der Waals surface area (Å²) in [4.78, 5) is 15.1. The lowest BCUT2D eigenvalue weighted by atomic mass is 10.0. The molecular formula is C24H32N2O3. The Hall–Kier alpha value is -2.53. The second-order valence-electron chi connectivity index (χ2n) is 7.71. The number of carbonyl (C=O) groups is 1. The predicted molar refractivity (Wildman–Crippen MR) is 115 cm³/mol. The van der Waals surface area contributed by atoms with Crippen molar-refractivity contribution in [3.8, 4) is 11.5 Å². The molecule has 1 aliphatic rings. The van der Waals surface area contributed by atoms with Crippen LogP contribution in [-0.4, -0.2) is 43.7 Å². The van der Waals surface area contributed by atoms with E-state index in [-0.39, 0.29) is 11.9 Å². The van der Waals surface area contributed by atoms with Gasteiger partial charge in [0.15, 0.2) is 6.10 Å². The van der Waals surface area contributed by atoms with Gasteiger partial charge in [-0.1, -0.05) is 30.7 Å². The Bertz CT molecular complexity index is 785. The lowest BCUT2D eigenvalue weighted by molar-refractivity contribution is -0.127. The van der Waals surface area contributed by atoms with Gasteiger partial charge in [0, 0.05) is 6.54 Å². The van der Waals surface area contributed by atoms with Gasteiger partial charge in [0.25, 0.3) is 5.91 Å². The molecule has 1 N–H and O–H groups in total. The lowest BCUT2D eigenvalue weighted by Gasteiger charge is -2.35. The van der Waals surface area contributed by atoms with E-state index in [1.807, 2.05) is 43.3 Å². The zero-order chi connectivity index (χ0) is 20.6. The van der Waals surface area contributed by atoms with Gasteiger partial charge in [-0.25, -0.2) is 0 Å². The van der Waals surface area contributed by atoms with Crippen molar-refractivity contribution < 1.29 is 14.3 Å². The topological polar surface area (TPSA) is 50.8 Å². The normalized spacial score (nSPS) is 16.7. The summed E-state index contributed by atoms with van der Waals surface area (Å²) in [6, 6.07) is 16.1. The van der Waals surface area contributed by atoms with Crippen molar-refractivity contribution in [1.29, 1.82) is 0 Å². The minimum Gasteiger partial charge on any atom is -0.497 e. The number of methoxy groups -OCH3 is 1. The molecule has 5 nitrogen and oxygen atoms in total. The Morgan fingerprint density at radius 3 is 2.45 bits per heavy atom. The molecule has 0 aliphatic carbocycles. The molecule has 0 radical (unpaired) electrons. The second kappa shape index (κ2) is 10.3. The largest absolute Gasteiger partial charge is 0.497 e. The van der Waals surface area contributed by atoms with Crippen molar-refractivity contribution in [2.45, 2.75) is 45.3 Å². The smallest absolute Gasteiger partial charge is 0.260 e. The van der Waals surface area contributed by atoms with Crippen LogP contribution in [0.5, 0.6) is 11.5 Å². The number of hydrogen-bond donors (Lipinski definition) is 1. The van der Waals surface area contributed by atoms with Crippen molar-refractivity contribution in [3.63, 3.8) is 0 Å². The van der Waals surface area contributed by atoms with Crippen LogP contribution in [0.15, 0.2) is 48.5 Å². The van der Waals surface area contributed by atoms with Gasteiger partial charge in [-0.2, -0.15) is 0 Å². The number of aryl methyl sites for hydroxylation is 1. The molecule has 5 heteroatoms. The van der Waals surface area contributed by atoms with Gasteiger partial charge in [0.2, 0.25) is 0 Å². The minimum absolute atomic E-state index is 0.0953. The molecule has 0 spiro atoms. The highest BCUT2D eigenvalue weighted by Gasteiger charge is 2.24. The van der Waals surface area contributed by atoms with Crippen LogP contribution in [0.25, 0.3) is 0 Å². The number of hydrogen-bond acceptors (Lipinski definition) is 4. The fraction of sp³-hybridized carbons (Fsp3) is 0.458. The maximum atomic E-state index is 12.7. The van der Waals surface area contributed by atoms with Gasteiger partial charge in [-0.3, -0.25) is 9.69 Å². The summed E-state index contributed by atoms with van der Waals surface area (Å²) in [5.41, 5.74) is 2.31. The first-order valence-corrected chi connectivity index (χ1v) is 10.5. The SMILES string of the molecule is COc1ccc(C(CNC(=O)C(C)Oc2cccc(C)c2)N2CCCCC2)cc1. The van der Waals surface area contributed by atoms with Crippen LogP contribution in [0.3, 0.4) is 0 Å². The van der Waals surface area contributed by atoms with Gasteiger partial charge in [0.1, 0.15) is 11.5 Å². The van der Waals surface area contributed by atoms with E-state index in [0.717, 1.165) is 30.2 Å². The quantitative estimate of drug-likeness (QED) is 0.729. The molecule has 1 amide bonds. The Balaban J connectivity index is 1.64. The van der Waals surface area contributed by atoms with Crippen LogP contribution in [0.2, 0.25) is 0 Å². The molecule has 2 aromatic rings. The van der Waals surface area contributed by atoms with Crippen LogP contribution in [0.1, 0.15) is 43.4 Å². The van der Waals surface area contributed by atoms with Crippen LogP contribution < -0.4 is 14.8 Å². The van der Waals surface area contributed by atoms with Gasteiger partial charge in [-0.05, 0) is 75.2 Å². The van der Waals surface area contributed by atoms with E-state index < -0.39 is 6.10 Å². The molecule has 0 bridgehead atoms. The van der Waals surface area contributed by atoms with Gasteiger partial charge in [-0.15, -0.1) is 0 Å². The van der Waals surface area contributed by atoms with E-state index in [1.165, 1.54) is 24.8 Å². The lowest BCUT2D eigenvalue weighted by Crippen LogP contribution is -2.43. The van der Waals surface area contributed by atoms with E-state index >= 15 is 0 Å². The third-order valence-corrected chi connectivity index (χ3v) is 5.47. The second-order valence-corrected chi connectivity index (χ2v) is 7.71. The number of likely N-dealkylation sites (tertiary alicyclic amines) is 1. The summed E-state index contributed by atoms with van der Waals surface area (Å²) < 4.78 is 11.1. The molecule has 1 heterocycles. The van der Waals surface area contributed by atoms with Crippen molar-refractivity contribution in [2.75, 3.05) is 26.7 Å². The van der Waals surface area contributed by atoms with Gasteiger partial charge in [0.05, 0.1) is 13.2 Å². The standard InChI is InChI=1S/C24H32N2O3/c1-18-8-7-9-22(16-18)29-19(2)24(27)25-17-23(26-14-5-4-6-15-26)20-10-12-21(28-3)13-11-20/h7-13,16,19,23H,4-6,14-15,17H2,1-3H3,(H,25,27). The molecule has 156 valence electrons. The molecule has 3 rings (SSSR count). The van der Waals surface area contributed by atoms with E-state index in [4.69, 9.17) is 9.47 Å². The number of piperidine rings is 1. The first kappa shape index (κ1) is 21.2. The number of carbonyl (C=O) groups excluding carboxylic acids is 1. The fourth-order valence-electron chi connectivity index (χ4n) is 3.80. The van der Waals surface area contributed by atoms with E-state index in [1.54, 1.807) is 14.0 Å². The average Bonchev–Trinajstić information content (AvgIpc) is 2.75. The highest BCUT2D eigenvalue weighted by atomic mass is 16.5. The van der Waals surface area contributed by atoms with E-state index in [0.29, 0.717) is 6.54 Å². The maximum Gasteiger partial charge on any atom is 0.260 e. The van der Waals surface area contributed by atoms with Crippen molar-refractivity contribution in [2.24, 2.45) is 0 Å². The summed E-state index contributed by atoms with van der Waals surface area (Å²) in [6.07, 6.45) is 3.13. The monoisotopic (exact) mass is 396 g/mol. The number of ether oxygens (including phenoxy) is 2. The molecular weight excluding hydrogens is 364 g/mol. The van der Waals surface area contributed by atoms with E-state index in [2.05, 4.69) is 22.3 Å². The van der Waals surface area contributed by atoms with Crippen LogP contribution in [-0.2, 0) is 4.79 Å². The minimum atomic E-state index is -0.547. The first-order valence-electron chi connectivity index (χ1n) is 10.5. The highest BCUT2D eigenvalue weighted by Crippen LogP contribution is 2.26. The number of nitrogens with zero attached hydrogens (tertiary/aromatic N) is 1. The summed E-state index contributed by atoms with van der Waals surface area (Å²) in [5.74, 6) is 1.47. The van der Waals surface area contributed by atoms with E-state index in [9.17, 15) is 4.79 Å². The fourth-order valence-corrected chi connectivity index (χ4v) is 3.80. The summed E-state index contributed by atoms with van der Waals surface area (Å²) in [7, 11) is 1.67. The molecule has 0 saturated carbocycles. The number of rotatable bonds is 8. The molecule has 2 atom stereocenters.